The molecule has 1 fully saturated rings. The summed E-state index contributed by atoms with van der Waals surface area (Å²) in [6.07, 6.45) is 1.04. The molecule has 186 valence electrons. The van der Waals surface area contributed by atoms with Crippen molar-refractivity contribution in [1.82, 2.24) is 8.87 Å². The maximum Gasteiger partial charge on any atom is 0.337 e. The number of esters is 2. The highest BCUT2D eigenvalue weighted by Crippen LogP contribution is 2.27. The number of thiophene rings is 1. The smallest absolute Gasteiger partial charge is 0.337 e. The van der Waals surface area contributed by atoms with E-state index in [2.05, 4.69) is 4.99 Å². The standard InChI is InChI=1S/C22H23N3O7S3/c1-31-18(26)13-25-16-8-7-14(21(28)32-2)11-17(16)34-22(25)23-20(27)15-5-3-9-24(12-15)35(29,30)19-6-4-10-33-19/h4,6-8,10-11,15H,3,5,9,12-13H2,1-2H3. The van der Waals surface area contributed by atoms with Crippen molar-refractivity contribution in [3.8, 4) is 0 Å². The summed E-state index contributed by atoms with van der Waals surface area (Å²) < 4.78 is 39.1. The molecule has 2 aromatic heterocycles. The number of sulfonamides is 1. The highest BCUT2D eigenvalue weighted by atomic mass is 32.2. The van der Waals surface area contributed by atoms with Crippen molar-refractivity contribution in [1.29, 1.82) is 0 Å². The quantitative estimate of drug-likeness (QED) is 0.442. The molecule has 1 aliphatic rings. The number of amides is 1. The topological polar surface area (TPSA) is 124 Å². The number of thiazole rings is 1. The van der Waals surface area contributed by atoms with Crippen LogP contribution >= 0.6 is 22.7 Å². The molecule has 0 aliphatic carbocycles. The number of nitrogens with zero attached hydrogens (tertiary/aromatic N) is 3. The second kappa shape index (κ2) is 10.4. The first-order valence-corrected chi connectivity index (χ1v) is 13.8. The molecule has 1 unspecified atom stereocenters. The minimum atomic E-state index is -3.67. The molecule has 0 saturated carbocycles. The molecule has 0 radical (unpaired) electrons. The number of piperidine rings is 1. The molecule has 3 heterocycles. The van der Waals surface area contributed by atoms with Crippen LogP contribution in [0.15, 0.2) is 44.9 Å². The zero-order chi connectivity index (χ0) is 25.2. The lowest BCUT2D eigenvalue weighted by Crippen LogP contribution is -2.42. The van der Waals surface area contributed by atoms with Crippen LogP contribution in [0.1, 0.15) is 23.2 Å². The number of carbonyl (C=O) groups excluding carboxylic acids is 3. The van der Waals surface area contributed by atoms with Gasteiger partial charge in [-0.3, -0.25) is 9.59 Å². The van der Waals surface area contributed by atoms with E-state index < -0.39 is 33.8 Å². The third-order valence-corrected chi connectivity index (χ3v) is 9.93. The first-order chi connectivity index (χ1) is 16.7. The second-order valence-electron chi connectivity index (χ2n) is 7.81. The Balaban J connectivity index is 1.68. The van der Waals surface area contributed by atoms with E-state index in [1.807, 2.05) is 0 Å². The van der Waals surface area contributed by atoms with Gasteiger partial charge in [0.1, 0.15) is 10.8 Å². The molecule has 0 bridgehead atoms. The predicted octanol–water partition coefficient (Wildman–Crippen LogP) is 2.25. The van der Waals surface area contributed by atoms with Crippen molar-refractivity contribution in [3.63, 3.8) is 0 Å². The maximum absolute atomic E-state index is 13.1. The fourth-order valence-corrected chi connectivity index (χ4v) is 7.58. The number of hydrogen-bond acceptors (Lipinski definition) is 9. The number of benzene rings is 1. The monoisotopic (exact) mass is 537 g/mol. The molecule has 0 N–H and O–H groups in total. The lowest BCUT2D eigenvalue weighted by Gasteiger charge is -2.29. The number of rotatable bonds is 6. The molecule has 1 amide bonds. The first kappa shape index (κ1) is 25.2. The zero-order valence-electron chi connectivity index (χ0n) is 19.0. The molecule has 1 aromatic carbocycles. The summed E-state index contributed by atoms with van der Waals surface area (Å²) in [7, 11) is -1.13. The van der Waals surface area contributed by atoms with Gasteiger partial charge < -0.3 is 14.0 Å². The number of fused-ring (bicyclic) bond motifs is 1. The van der Waals surface area contributed by atoms with Crippen LogP contribution in [0.25, 0.3) is 10.2 Å². The summed E-state index contributed by atoms with van der Waals surface area (Å²) in [6.45, 7) is 0.201. The largest absolute Gasteiger partial charge is 0.468 e. The van der Waals surface area contributed by atoms with Crippen LogP contribution in [0.2, 0.25) is 0 Å². The van der Waals surface area contributed by atoms with Gasteiger partial charge >= 0.3 is 11.9 Å². The van der Waals surface area contributed by atoms with E-state index in [4.69, 9.17) is 9.47 Å². The molecule has 1 atom stereocenters. The van der Waals surface area contributed by atoms with Crippen LogP contribution in [0, 0.1) is 5.92 Å². The summed E-state index contributed by atoms with van der Waals surface area (Å²) >= 11 is 2.28. The first-order valence-electron chi connectivity index (χ1n) is 10.7. The fraction of sp³-hybridized carbons (Fsp3) is 0.364. The lowest BCUT2D eigenvalue weighted by molar-refractivity contribution is -0.141. The molecule has 4 rings (SSSR count). The molecular weight excluding hydrogens is 514 g/mol. The van der Waals surface area contributed by atoms with Gasteiger partial charge in [0.15, 0.2) is 4.80 Å². The predicted molar refractivity (Wildman–Crippen MR) is 130 cm³/mol. The summed E-state index contributed by atoms with van der Waals surface area (Å²) in [5.41, 5.74) is 0.927. The van der Waals surface area contributed by atoms with Gasteiger partial charge in [-0.2, -0.15) is 9.30 Å². The van der Waals surface area contributed by atoms with Crippen molar-refractivity contribution in [2.24, 2.45) is 10.9 Å². The van der Waals surface area contributed by atoms with Crippen molar-refractivity contribution < 1.29 is 32.3 Å². The van der Waals surface area contributed by atoms with Crippen LogP contribution in [-0.4, -0.2) is 62.4 Å². The highest BCUT2D eigenvalue weighted by Gasteiger charge is 2.34. The Kier molecular flexibility index (Phi) is 7.50. The number of methoxy groups -OCH3 is 2. The van der Waals surface area contributed by atoms with Crippen LogP contribution in [0.3, 0.4) is 0 Å². The molecule has 13 heteroatoms. The average Bonchev–Trinajstić information content (AvgIpc) is 3.52. The van der Waals surface area contributed by atoms with Crippen LogP contribution in [-0.2, 0) is 35.6 Å². The molecular formula is C22H23N3O7S3. The van der Waals surface area contributed by atoms with Crippen molar-refractivity contribution in [3.05, 3.63) is 46.1 Å². The molecule has 0 spiro atoms. The van der Waals surface area contributed by atoms with Gasteiger partial charge in [0, 0.05) is 13.1 Å². The van der Waals surface area contributed by atoms with E-state index in [0.29, 0.717) is 35.2 Å². The summed E-state index contributed by atoms with van der Waals surface area (Å²) in [6, 6.07) is 8.05. The number of carbonyl (C=O) groups is 3. The SMILES string of the molecule is COC(=O)Cn1c(=NC(=O)C2CCCN(S(=O)(=O)c3cccs3)C2)sc2cc(C(=O)OC)ccc21. The second-order valence-corrected chi connectivity index (χ2v) is 11.9. The van der Waals surface area contributed by atoms with Gasteiger partial charge in [0.05, 0.1) is 35.9 Å². The van der Waals surface area contributed by atoms with Crippen LogP contribution < -0.4 is 4.80 Å². The minimum absolute atomic E-state index is 0.0386. The van der Waals surface area contributed by atoms with Crippen molar-refractivity contribution in [2.75, 3.05) is 27.3 Å². The Bertz CT molecular complexity index is 1440. The molecule has 1 aliphatic heterocycles. The Hall–Kier alpha value is -2.87. The molecule has 3 aromatic rings. The summed E-state index contributed by atoms with van der Waals surface area (Å²) in [4.78, 5) is 41.7. The number of ether oxygens (including phenoxy) is 2. The van der Waals surface area contributed by atoms with Crippen molar-refractivity contribution >= 4 is 60.8 Å². The van der Waals surface area contributed by atoms with Gasteiger partial charge in [-0.15, -0.1) is 11.3 Å². The third-order valence-electron chi connectivity index (χ3n) is 5.65. The van der Waals surface area contributed by atoms with Gasteiger partial charge in [0.25, 0.3) is 15.9 Å². The average molecular weight is 538 g/mol. The number of hydrogen-bond donors (Lipinski definition) is 0. The highest BCUT2D eigenvalue weighted by molar-refractivity contribution is 7.91. The molecule has 35 heavy (non-hydrogen) atoms. The fourth-order valence-electron chi connectivity index (χ4n) is 3.84. The normalized spacial score (nSPS) is 17.4. The van der Waals surface area contributed by atoms with Crippen LogP contribution in [0.5, 0.6) is 0 Å². The minimum Gasteiger partial charge on any atom is -0.468 e. The Morgan fingerprint density at radius 1 is 1.17 bits per heavy atom. The Labute approximate surface area is 209 Å². The van der Waals surface area contributed by atoms with Gasteiger partial charge in [-0.1, -0.05) is 17.4 Å². The third kappa shape index (κ3) is 5.22. The molecule has 1 saturated heterocycles. The van der Waals surface area contributed by atoms with Gasteiger partial charge in [0.2, 0.25) is 0 Å². The van der Waals surface area contributed by atoms with E-state index in [0.717, 1.165) is 22.7 Å². The van der Waals surface area contributed by atoms with Gasteiger partial charge in [-0.25, -0.2) is 13.2 Å². The Morgan fingerprint density at radius 2 is 1.97 bits per heavy atom. The van der Waals surface area contributed by atoms with E-state index in [9.17, 15) is 22.8 Å². The lowest BCUT2D eigenvalue weighted by atomic mass is 9.99. The zero-order valence-corrected chi connectivity index (χ0v) is 21.5. The van der Waals surface area contributed by atoms with Crippen molar-refractivity contribution in [2.45, 2.75) is 23.6 Å². The van der Waals surface area contributed by atoms with E-state index in [1.165, 1.54) is 18.5 Å². The van der Waals surface area contributed by atoms with Gasteiger partial charge in [-0.05, 0) is 42.5 Å². The van der Waals surface area contributed by atoms with E-state index in [-0.39, 0.29) is 22.1 Å². The molecule has 10 nitrogen and oxygen atoms in total. The van der Waals surface area contributed by atoms with E-state index in [1.54, 1.807) is 40.3 Å². The Morgan fingerprint density at radius 3 is 2.66 bits per heavy atom. The summed E-state index contributed by atoms with van der Waals surface area (Å²) in [5.74, 6) is -2.11. The van der Waals surface area contributed by atoms with Crippen LogP contribution in [0.4, 0.5) is 0 Å². The number of aromatic nitrogens is 1. The maximum atomic E-state index is 13.1. The van der Waals surface area contributed by atoms with E-state index >= 15 is 0 Å². The summed E-state index contributed by atoms with van der Waals surface area (Å²) in [5, 5.41) is 1.70.